The second-order valence-corrected chi connectivity index (χ2v) is 6.98. The van der Waals surface area contributed by atoms with Crippen LogP contribution in [0.15, 0.2) is 84.9 Å². The third-order valence-corrected chi connectivity index (χ3v) is 5.24. The second-order valence-electron chi connectivity index (χ2n) is 6.98. The molecule has 3 aromatic carbocycles. The maximum absolute atomic E-state index is 2.66. The summed E-state index contributed by atoms with van der Waals surface area (Å²) in [5.74, 6) is 0. The van der Waals surface area contributed by atoms with Crippen LogP contribution in [-0.4, -0.2) is 4.90 Å². The predicted octanol–water partition coefficient (Wildman–Crippen LogP) is 5.77. The summed E-state index contributed by atoms with van der Waals surface area (Å²) in [6, 6.07) is 31.3. The molecule has 0 saturated heterocycles. The molecule has 1 nitrogen and oxygen atoms in total. The van der Waals surface area contributed by atoms with Gasteiger partial charge in [0, 0.05) is 19.1 Å². The normalized spacial score (nSPS) is 16.6. The van der Waals surface area contributed by atoms with E-state index in [9.17, 15) is 0 Å². The number of rotatable bonds is 5. The summed E-state index contributed by atoms with van der Waals surface area (Å²) in [6.07, 6.45) is 3.75. The van der Waals surface area contributed by atoms with E-state index in [1.807, 2.05) is 0 Å². The van der Waals surface area contributed by atoms with Crippen LogP contribution in [-0.2, 0) is 19.5 Å². The van der Waals surface area contributed by atoms with Gasteiger partial charge in [0.25, 0.3) is 0 Å². The first-order chi connectivity index (χ1) is 12.4. The van der Waals surface area contributed by atoms with Gasteiger partial charge in [0.15, 0.2) is 0 Å². The quantitative estimate of drug-likeness (QED) is 0.575. The average Bonchev–Trinajstić information content (AvgIpc) is 2.69. The van der Waals surface area contributed by atoms with Crippen molar-refractivity contribution in [3.05, 3.63) is 107 Å². The first kappa shape index (κ1) is 16.1. The molecule has 0 saturated carbocycles. The largest absolute Gasteiger partial charge is 0.288 e. The van der Waals surface area contributed by atoms with Gasteiger partial charge in [-0.05, 0) is 41.5 Å². The Morgan fingerprint density at radius 3 is 1.88 bits per heavy atom. The number of fused-ring (bicyclic) bond motifs is 1. The van der Waals surface area contributed by atoms with Crippen LogP contribution < -0.4 is 0 Å². The van der Waals surface area contributed by atoms with E-state index in [0.717, 1.165) is 13.1 Å². The van der Waals surface area contributed by atoms with Crippen molar-refractivity contribution in [3.8, 4) is 0 Å². The van der Waals surface area contributed by atoms with Gasteiger partial charge in [-0.1, -0.05) is 84.9 Å². The van der Waals surface area contributed by atoms with Gasteiger partial charge in [-0.3, -0.25) is 4.90 Å². The molecule has 25 heavy (non-hydrogen) atoms. The Balaban J connectivity index is 1.65. The minimum atomic E-state index is 0.505. The average molecular weight is 327 g/mol. The number of benzene rings is 3. The van der Waals surface area contributed by atoms with Crippen molar-refractivity contribution in [2.24, 2.45) is 0 Å². The van der Waals surface area contributed by atoms with Gasteiger partial charge in [0.05, 0.1) is 0 Å². The Morgan fingerprint density at radius 2 is 1.24 bits per heavy atom. The molecule has 0 N–H and O–H groups in total. The van der Waals surface area contributed by atoms with Crippen LogP contribution in [0.2, 0.25) is 0 Å². The fraction of sp³-hybridized carbons (Fsp3) is 0.250. The molecule has 0 heterocycles. The molecular weight excluding hydrogens is 302 g/mol. The van der Waals surface area contributed by atoms with Crippen molar-refractivity contribution in [2.45, 2.75) is 38.4 Å². The van der Waals surface area contributed by atoms with E-state index in [0.29, 0.717) is 6.04 Å². The van der Waals surface area contributed by atoms with Crippen LogP contribution in [0, 0.1) is 0 Å². The summed E-state index contributed by atoms with van der Waals surface area (Å²) >= 11 is 0. The summed E-state index contributed by atoms with van der Waals surface area (Å²) in [5, 5.41) is 0. The van der Waals surface area contributed by atoms with E-state index >= 15 is 0 Å². The molecule has 0 aliphatic heterocycles. The first-order valence-electron chi connectivity index (χ1n) is 9.30. The van der Waals surface area contributed by atoms with Crippen molar-refractivity contribution < 1.29 is 0 Å². The van der Waals surface area contributed by atoms with E-state index in [2.05, 4.69) is 89.8 Å². The van der Waals surface area contributed by atoms with Crippen LogP contribution in [0.3, 0.4) is 0 Å². The molecule has 3 aromatic rings. The number of aryl methyl sites for hydroxylation is 1. The molecule has 0 spiro atoms. The van der Waals surface area contributed by atoms with Crippen LogP contribution in [0.4, 0.5) is 0 Å². The number of hydrogen-bond donors (Lipinski definition) is 0. The van der Waals surface area contributed by atoms with Gasteiger partial charge in [0.1, 0.15) is 0 Å². The first-order valence-corrected chi connectivity index (χ1v) is 9.30. The van der Waals surface area contributed by atoms with E-state index in [4.69, 9.17) is 0 Å². The predicted molar refractivity (Wildman–Crippen MR) is 104 cm³/mol. The highest BCUT2D eigenvalue weighted by atomic mass is 15.2. The van der Waals surface area contributed by atoms with E-state index < -0.39 is 0 Å². The Hall–Kier alpha value is -2.38. The maximum atomic E-state index is 2.66. The monoisotopic (exact) mass is 327 g/mol. The van der Waals surface area contributed by atoms with Crippen molar-refractivity contribution in [1.82, 2.24) is 4.90 Å². The fourth-order valence-corrected chi connectivity index (χ4v) is 4.02. The summed E-state index contributed by atoms with van der Waals surface area (Å²) in [6.45, 7) is 1.99. The molecule has 1 aliphatic rings. The molecular formula is C24H25N. The van der Waals surface area contributed by atoms with Gasteiger partial charge in [0.2, 0.25) is 0 Å². The Labute approximate surface area is 150 Å². The second kappa shape index (κ2) is 7.67. The van der Waals surface area contributed by atoms with Gasteiger partial charge in [-0.15, -0.1) is 0 Å². The lowest BCUT2D eigenvalue weighted by atomic mass is 9.86. The van der Waals surface area contributed by atoms with Crippen LogP contribution in [0.5, 0.6) is 0 Å². The van der Waals surface area contributed by atoms with Crippen molar-refractivity contribution in [2.75, 3.05) is 0 Å². The lowest BCUT2D eigenvalue weighted by Crippen LogP contribution is -2.30. The lowest BCUT2D eigenvalue weighted by molar-refractivity contribution is 0.161. The molecule has 0 bridgehead atoms. The summed E-state index contributed by atoms with van der Waals surface area (Å²) < 4.78 is 0. The third kappa shape index (κ3) is 3.83. The van der Waals surface area contributed by atoms with Crippen LogP contribution in [0.1, 0.15) is 41.1 Å². The summed E-state index contributed by atoms with van der Waals surface area (Å²) in [7, 11) is 0. The van der Waals surface area contributed by atoms with E-state index in [1.54, 1.807) is 0 Å². The molecule has 0 aromatic heterocycles. The standard InChI is InChI=1S/C24H25N/c1-3-10-20(11-4-1)18-25(19-21-12-5-2-6-13-21)24-17-9-15-22-14-7-8-16-23(22)24/h1-8,10-14,16,24H,9,15,17-19H2/t24-/m0/s1. The minimum absolute atomic E-state index is 0.505. The zero-order chi connectivity index (χ0) is 16.9. The molecule has 0 fully saturated rings. The molecule has 4 rings (SSSR count). The molecule has 126 valence electrons. The molecule has 0 unspecified atom stereocenters. The van der Waals surface area contributed by atoms with E-state index in [-0.39, 0.29) is 0 Å². The highest BCUT2D eigenvalue weighted by molar-refractivity contribution is 5.32. The SMILES string of the molecule is c1ccc(CN(Cc2ccccc2)[C@H]2CCCc3ccccc32)cc1. The summed E-state index contributed by atoms with van der Waals surface area (Å²) in [4.78, 5) is 2.66. The van der Waals surface area contributed by atoms with E-state index in [1.165, 1.54) is 41.5 Å². The van der Waals surface area contributed by atoms with Gasteiger partial charge in [-0.25, -0.2) is 0 Å². The molecule has 0 amide bonds. The lowest BCUT2D eigenvalue weighted by Gasteiger charge is -2.36. The zero-order valence-electron chi connectivity index (χ0n) is 14.6. The van der Waals surface area contributed by atoms with Crippen LogP contribution >= 0.6 is 0 Å². The number of nitrogens with zero attached hydrogens (tertiary/aromatic N) is 1. The summed E-state index contributed by atoms with van der Waals surface area (Å²) in [5.41, 5.74) is 5.84. The van der Waals surface area contributed by atoms with Crippen molar-refractivity contribution in [3.63, 3.8) is 0 Å². The Morgan fingerprint density at radius 1 is 0.680 bits per heavy atom. The van der Waals surface area contributed by atoms with Gasteiger partial charge >= 0.3 is 0 Å². The smallest absolute Gasteiger partial charge is 0.0358 e. The topological polar surface area (TPSA) is 3.24 Å². The molecule has 1 atom stereocenters. The highest BCUT2D eigenvalue weighted by Gasteiger charge is 2.25. The van der Waals surface area contributed by atoms with Crippen LogP contribution in [0.25, 0.3) is 0 Å². The van der Waals surface area contributed by atoms with Gasteiger partial charge < -0.3 is 0 Å². The maximum Gasteiger partial charge on any atom is 0.0358 e. The fourth-order valence-electron chi connectivity index (χ4n) is 4.02. The highest BCUT2D eigenvalue weighted by Crippen LogP contribution is 2.36. The third-order valence-electron chi connectivity index (χ3n) is 5.24. The molecule has 0 radical (unpaired) electrons. The molecule has 1 heteroatoms. The zero-order valence-corrected chi connectivity index (χ0v) is 14.6. The minimum Gasteiger partial charge on any atom is -0.288 e. The number of hydrogen-bond acceptors (Lipinski definition) is 1. The van der Waals surface area contributed by atoms with Crippen molar-refractivity contribution >= 4 is 0 Å². The Bertz CT molecular complexity index is 753. The van der Waals surface area contributed by atoms with Gasteiger partial charge in [-0.2, -0.15) is 0 Å². The Kier molecular flexibility index (Phi) is 4.94. The molecule has 1 aliphatic carbocycles. The van der Waals surface area contributed by atoms with Crippen molar-refractivity contribution in [1.29, 1.82) is 0 Å².